The van der Waals surface area contributed by atoms with Gasteiger partial charge in [-0.1, -0.05) is 33.1 Å². The Balaban J connectivity index is 2.00. The molecule has 4 amide bonds. The highest BCUT2D eigenvalue weighted by atomic mass is 16.2. The largest absolute Gasteiger partial charge is 0.355 e. The van der Waals surface area contributed by atoms with E-state index in [9.17, 15) is 14.4 Å². The van der Waals surface area contributed by atoms with Crippen LogP contribution < -0.4 is 10.6 Å². The van der Waals surface area contributed by atoms with Crippen molar-refractivity contribution in [1.82, 2.24) is 15.5 Å². The van der Waals surface area contributed by atoms with Gasteiger partial charge in [0.2, 0.25) is 5.91 Å². The Morgan fingerprint density at radius 3 is 2.86 bits per heavy atom. The van der Waals surface area contributed by atoms with E-state index in [0.29, 0.717) is 13.0 Å². The monoisotopic (exact) mass is 295 g/mol. The predicted octanol–water partition coefficient (Wildman–Crippen LogP) is 1.40. The van der Waals surface area contributed by atoms with Crippen LogP contribution in [0.15, 0.2) is 0 Å². The van der Waals surface area contributed by atoms with Crippen molar-refractivity contribution in [2.75, 3.05) is 13.1 Å². The van der Waals surface area contributed by atoms with Crippen LogP contribution in [-0.2, 0) is 9.59 Å². The SMILES string of the molecule is CCCCNC(=O)CN1C(=O)N[C@]2(CCCC[C@@H]2C)C1=O. The molecule has 6 nitrogen and oxygen atoms in total. The summed E-state index contributed by atoms with van der Waals surface area (Å²) in [4.78, 5) is 37.6. The average molecular weight is 295 g/mol. The van der Waals surface area contributed by atoms with Gasteiger partial charge < -0.3 is 10.6 Å². The molecule has 118 valence electrons. The number of nitrogens with one attached hydrogen (secondary N) is 2. The van der Waals surface area contributed by atoms with Crippen molar-refractivity contribution in [2.24, 2.45) is 5.92 Å². The fourth-order valence-electron chi connectivity index (χ4n) is 3.24. The van der Waals surface area contributed by atoms with Crippen molar-refractivity contribution in [1.29, 1.82) is 0 Å². The van der Waals surface area contributed by atoms with Crippen LogP contribution >= 0.6 is 0 Å². The molecular weight excluding hydrogens is 270 g/mol. The number of nitrogens with zero attached hydrogens (tertiary/aromatic N) is 1. The molecule has 1 saturated heterocycles. The lowest BCUT2D eigenvalue weighted by atomic mass is 9.73. The van der Waals surface area contributed by atoms with Crippen molar-refractivity contribution in [2.45, 2.75) is 57.9 Å². The van der Waals surface area contributed by atoms with Gasteiger partial charge in [0.05, 0.1) is 0 Å². The molecule has 6 heteroatoms. The maximum Gasteiger partial charge on any atom is 0.325 e. The minimum atomic E-state index is -0.779. The summed E-state index contributed by atoms with van der Waals surface area (Å²) in [5.74, 6) is -0.381. The van der Waals surface area contributed by atoms with E-state index in [1.807, 2.05) is 13.8 Å². The first-order valence-electron chi connectivity index (χ1n) is 7.92. The second-order valence-corrected chi connectivity index (χ2v) is 6.14. The molecule has 0 unspecified atom stereocenters. The van der Waals surface area contributed by atoms with Crippen molar-refractivity contribution in [3.05, 3.63) is 0 Å². The highest BCUT2D eigenvalue weighted by Gasteiger charge is 2.55. The molecule has 1 aliphatic carbocycles. The predicted molar refractivity (Wildman–Crippen MR) is 78.5 cm³/mol. The van der Waals surface area contributed by atoms with Crippen LogP contribution in [0.4, 0.5) is 4.79 Å². The van der Waals surface area contributed by atoms with Crippen LogP contribution in [0, 0.1) is 5.92 Å². The molecule has 0 radical (unpaired) electrons. The van der Waals surface area contributed by atoms with E-state index in [2.05, 4.69) is 10.6 Å². The number of unbranched alkanes of at least 4 members (excludes halogenated alkanes) is 1. The first-order chi connectivity index (χ1) is 10.0. The van der Waals surface area contributed by atoms with Crippen LogP contribution in [0.5, 0.6) is 0 Å². The number of hydrogen-bond donors (Lipinski definition) is 2. The van der Waals surface area contributed by atoms with Crippen molar-refractivity contribution >= 4 is 17.8 Å². The maximum absolute atomic E-state index is 12.6. The third-order valence-electron chi connectivity index (χ3n) is 4.66. The highest BCUT2D eigenvalue weighted by molar-refractivity contribution is 6.09. The second kappa shape index (κ2) is 6.45. The van der Waals surface area contributed by atoms with E-state index in [0.717, 1.165) is 37.0 Å². The van der Waals surface area contributed by atoms with Crippen molar-refractivity contribution in [3.8, 4) is 0 Å². The van der Waals surface area contributed by atoms with Crippen molar-refractivity contribution < 1.29 is 14.4 Å². The number of carbonyl (C=O) groups is 3. The molecule has 0 aromatic carbocycles. The molecule has 0 aromatic heterocycles. The van der Waals surface area contributed by atoms with E-state index in [1.54, 1.807) is 0 Å². The summed E-state index contributed by atoms with van der Waals surface area (Å²) in [6.45, 7) is 4.45. The minimum Gasteiger partial charge on any atom is -0.355 e. The van der Waals surface area contributed by atoms with Gasteiger partial charge >= 0.3 is 6.03 Å². The summed E-state index contributed by atoms with van der Waals surface area (Å²) in [6.07, 6.45) is 5.52. The lowest BCUT2D eigenvalue weighted by Crippen LogP contribution is -2.54. The van der Waals surface area contributed by atoms with Gasteiger partial charge in [0.1, 0.15) is 12.1 Å². The molecule has 2 N–H and O–H groups in total. The summed E-state index contributed by atoms with van der Waals surface area (Å²) < 4.78 is 0. The molecule has 1 heterocycles. The van der Waals surface area contributed by atoms with E-state index >= 15 is 0 Å². The third kappa shape index (κ3) is 3.04. The molecular formula is C15H25N3O3. The number of urea groups is 1. The molecule has 1 spiro atoms. The van der Waals surface area contributed by atoms with Gasteiger partial charge in [-0.2, -0.15) is 0 Å². The molecule has 2 aliphatic rings. The number of amides is 4. The normalized spacial score (nSPS) is 28.9. The molecule has 21 heavy (non-hydrogen) atoms. The van der Waals surface area contributed by atoms with Crippen LogP contribution in [0.3, 0.4) is 0 Å². The van der Waals surface area contributed by atoms with E-state index < -0.39 is 11.6 Å². The summed E-state index contributed by atoms with van der Waals surface area (Å²) in [6, 6.07) is -0.431. The highest BCUT2D eigenvalue weighted by Crippen LogP contribution is 2.37. The molecule has 1 saturated carbocycles. The van der Waals surface area contributed by atoms with Crippen LogP contribution in [0.25, 0.3) is 0 Å². The van der Waals surface area contributed by atoms with Crippen LogP contribution in [0.2, 0.25) is 0 Å². The summed E-state index contributed by atoms with van der Waals surface area (Å²) in [5, 5.41) is 5.59. The van der Waals surface area contributed by atoms with Gasteiger partial charge in [-0.15, -0.1) is 0 Å². The number of imide groups is 1. The zero-order chi connectivity index (χ0) is 15.5. The summed E-state index contributed by atoms with van der Waals surface area (Å²) in [5.41, 5.74) is -0.779. The molecule has 2 fully saturated rings. The first-order valence-corrected chi connectivity index (χ1v) is 7.92. The Labute approximate surface area is 125 Å². The van der Waals surface area contributed by atoms with Crippen LogP contribution in [0.1, 0.15) is 52.4 Å². The Bertz CT molecular complexity index is 438. The number of rotatable bonds is 5. The maximum atomic E-state index is 12.6. The lowest BCUT2D eigenvalue weighted by Gasteiger charge is -2.36. The smallest absolute Gasteiger partial charge is 0.325 e. The standard InChI is InChI=1S/C15H25N3O3/c1-3-4-9-16-12(19)10-18-13(20)15(17-14(18)21)8-6-5-7-11(15)2/h11H,3-10H2,1-2H3,(H,16,19)(H,17,21)/t11-,15-/m0/s1. The van der Waals surface area contributed by atoms with E-state index in [-0.39, 0.29) is 24.3 Å². The molecule has 0 bridgehead atoms. The Kier molecular flexibility index (Phi) is 4.85. The van der Waals surface area contributed by atoms with Crippen LogP contribution in [-0.4, -0.2) is 41.4 Å². The van der Waals surface area contributed by atoms with E-state index in [1.165, 1.54) is 0 Å². The fourth-order valence-corrected chi connectivity index (χ4v) is 3.24. The summed E-state index contributed by atoms with van der Waals surface area (Å²) >= 11 is 0. The summed E-state index contributed by atoms with van der Waals surface area (Å²) in [7, 11) is 0. The van der Waals surface area contributed by atoms with Gasteiger partial charge in [-0.05, 0) is 25.2 Å². The topological polar surface area (TPSA) is 78.5 Å². The van der Waals surface area contributed by atoms with Gasteiger partial charge in [-0.3, -0.25) is 14.5 Å². The molecule has 0 aromatic rings. The quantitative estimate of drug-likeness (QED) is 0.594. The number of hydrogen-bond acceptors (Lipinski definition) is 3. The Hall–Kier alpha value is -1.59. The van der Waals surface area contributed by atoms with Gasteiger partial charge in [0, 0.05) is 6.54 Å². The van der Waals surface area contributed by atoms with Crippen molar-refractivity contribution in [3.63, 3.8) is 0 Å². The Morgan fingerprint density at radius 1 is 1.43 bits per heavy atom. The zero-order valence-corrected chi connectivity index (χ0v) is 12.9. The fraction of sp³-hybridized carbons (Fsp3) is 0.800. The van der Waals surface area contributed by atoms with Gasteiger partial charge in [-0.25, -0.2) is 4.79 Å². The Morgan fingerprint density at radius 2 is 2.19 bits per heavy atom. The molecule has 2 atom stereocenters. The average Bonchev–Trinajstić information content (AvgIpc) is 2.68. The van der Waals surface area contributed by atoms with E-state index in [4.69, 9.17) is 0 Å². The lowest BCUT2D eigenvalue weighted by molar-refractivity contribution is -0.137. The first kappa shape index (κ1) is 15.8. The molecule has 1 aliphatic heterocycles. The number of carbonyl (C=O) groups excluding carboxylic acids is 3. The third-order valence-corrected chi connectivity index (χ3v) is 4.66. The molecule has 2 rings (SSSR count). The van der Waals surface area contributed by atoms with Gasteiger partial charge in [0.25, 0.3) is 5.91 Å². The second-order valence-electron chi connectivity index (χ2n) is 6.14. The zero-order valence-electron chi connectivity index (χ0n) is 12.9. The minimum absolute atomic E-state index is 0.121. The van der Waals surface area contributed by atoms with Gasteiger partial charge in [0.15, 0.2) is 0 Å².